The third-order valence-corrected chi connectivity index (χ3v) is 7.63. The molecule has 29 heavy (non-hydrogen) atoms. The number of likely N-dealkylation sites (tertiary alicyclic amines) is 1. The highest BCUT2D eigenvalue weighted by atomic mass is 16.2. The number of fused-ring (bicyclic) bond motifs is 2. The minimum absolute atomic E-state index is 0.00507. The normalized spacial score (nSPS) is 29.4. The van der Waals surface area contributed by atoms with Crippen LogP contribution in [-0.2, 0) is 4.79 Å². The average molecular weight is 398 g/mol. The van der Waals surface area contributed by atoms with E-state index in [9.17, 15) is 9.59 Å². The summed E-state index contributed by atoms with van der Waals surface area (Å²) in [5.74, 6) is 2.56. The molecule has 5 unspecified atom stereocenters. The van der Waals surface area contributed by atoms with Crippen LogP contribution in [0, 0.1) is 17.8 Å². The number of piperidine rings is 1. The molecule has 1 heterocycles. The second-order valence-electron chi connectivity index (χ2n) is 9.46. The van der Waals surface area contributed by atoms with Gasteiger partial charge in [0.25, 0.3) is 5.91 Å². The Morgan fingerprint density at radius 3 is 2.34 bits per heavy atom. The number of carbonyl (C=O) groups excluding carboxylic acids is 2. The zero-order valence-corrected chi connectivity index (χ0v) is 17.8. The molecule has 3 aliphatic rings. The van der Waals surface area contributed by atoms with E-state index in [1.807, 2.05) is 37.3 Å². The maximum absolute atomic E-state index is 12.8. The maximum Gasteiger partial charge on any atom is 0.251 e. The SMILES string of the molecule is CC(NC(=O)C(C)N1CCC(NC(=O)c2ccccc2)CC1)C1CC2CCC1C2. The number of rotatable bonds is 6. The molecule has 158 valence electrons. The molecule has 0 radical (unpaired) electrons. The van der Waals surface area contributed by atoms with Gasteiger partial charge in [0.15, 0.2) is 0 Å². The van der Waals surface area contributed by atoms with Crippen molar-refractivity contribution in [1.29, 1.82) is 0 Å². The molecule has 2 saturated carbocycles. The molecule has 3 fully saturated rings. The molecular weight excluding hydrogens is 362 g/mol. The molecule has 5 nitrogen and oxygen atoms in total. The predicted octanol–water partition coefficient (Wildman–Crippen LogP) is 3.21. The van der Waals surface area contributed by atoms with Crippen molar-refractivity contribution in [3.63, 3.8) is 0 Å². The second kappa shape index (κ2) is 8.86. The first-order valence-electron chi connectivity index (χ1n) is 11.4. The van der Waals surface area contributed by atoms with Crippen LogP contribution in [0.1, 0.15) is 62.7 Å². The number of hydrogen-bond acceptors (Lipinski definition) is 3. The number of amides is 2. The molecule has 1 aromatic carbocycles. The zero-order valence-electron chi connectivity index (χ0n) is 17.8. The van der Waals surface area contributed by atoms with Gasteiger partial charge in [-0.1, -0.05) is 24.6 Å². The van der Waals surface area contributed by atoms with Gasteiger partial charge < -0.3 is 10.6 Å². The van der Waals surface area contributed by atoms with Crippen LogP contribution in [0.2, 0.25) is 0 Å². The number of nitrogens with zero attached hydrogens (tertiary/aromatic N) is 1. The van der Waals surface area contributed by atoms with Crippen molar-refractivity contribution in [2.24, 2.45) is 17.8 Å². The predicted molar refractivity (Wildman–Crippen MR) is 115 cm³/mol. The van der Waals surface area contributed by atoms with Crippen molar-refractivity contribution in [3.05, 3.63) is 35.9 Å². The molecule has 2 aliphatic carbocycles. The van der Waals surface area contributed by atoms with Gasteiger partial charge in [-0.2, -0.15) is 0 Å². The Kier molecular flexibility index (Phi) is 6.23. The number of carbonyl (C=O) groups is 2. The third kappa shape index (κ3) is 4.66. The standard InChI is InChI=1S/C24H35N3O2/c1-16(22-15-18-8-9-20(22)14-18)25-23(28)17(2)27-12-10-21(11-13-27)26-24(29)19-6-4-3-5-7-19/h3-7,16-18,20-22H,8-15H2,1-2H3,(H,25,28)(H,26,29). The first-order chi connectivity index (χ1) is 14.0. The summed E-state index contributed by atoms with van der Waals surface area (Å²) >= 11 is 0. The van der Waals surface area contributed by atoms with Crippen molar-refractivity contribution in [2.75, 3.05) is 13.1 Å². The average Bonchev–Trinajstić information content (AvgIpc) is 3.38. The Hall–Kier alpha value is -1.88. The van der Waals surface area contributed by atoms with Crippen molar-refractivity contribution < 1.29 is 9.59 Å². The van der Waals surface area contributed by atoms with Crippen LogP contribution in [0.25, 0.3) is 0 Å². The summed E-state index contributed by atoms with van der Waals surface area (Å²) in [6.45, 7) is 5.90. The van der Waals surface area contributed by atoms with Crippen LogP contribution < -0.4 is 10.6 Å². The monoisotopic (exact) mass is 397 g/mol. The van der Waals surface area contributed by atoms with E-state index in [4.69, 9.17) is 0 Å². The molecule has 5 heteroatoms. The lowest BCUT2D eigenvalue weighted by atomic mass is 9.84. The van der Waals surface area contributed by atoms with Crippen LogP contribution in [0.15, 0.2) is 30.3 Å². The highest BCUT2D eigenvalue weighted by molar-refractivity contribution is 5.94. The van der Waals surface area contributed by atoms with Crippen LogP contribution >= 0.6 is 0 Å². The van der Waals surface area contributed by atoms with Crippen LogP contribution in [0.3, 0.4) is 0 Å². The van der Waals surface area contributed by atoms with E-state index in [2.05, 4.69) is 22.5 Å². The number of benzene rings is 1. The number of nitrogens with one attached hydrogen (secondary N) is 2. The van der Waals surface area contributed by atoms with Gasteiger partial charge in [0.1, 0.15) is 0 Å². The molecule has 2 amide bonds. The largest absolute Gasteiger partial charge is 0.352 e. The topological polar surface area (TPSA) is 61.4 Å². The van der Waals surface area contributed by atoms with Crippen LogP contribution in [-0.4, -0.2) is 47.9 Å². The third-order valence-electron chi connectivity index (χ3n) is 7.63. The first-order valence-corrected chi connectivity index (χ1v) is 11.4. The van der Waals surface area contributed by atoms with Gasteiger partial charge in [-0.3, -0.25) is 14.5 Å². The molecule has 2 N–H and O–H groups in total. The highest BCUT2D eigenvalue weighted by Crippen LogP contribution is 2.49. The van der Waals surface area contributed by atoms with Crippen molar-refractivity contribution in [3.8, 4) is 0 Å². The van der Waals surface area contributed by atoms with Crippen LogP contribution in [0.4, 0.5) is 0 Å². The quantitative estimate of drug-likeness (QED) is 0.775. The van der Waals surface area contributed by atoms with Gasteiger partial charge in [-0.05, 0) is 75.8 Å². The minimum atomic E-state index is -0.109. The van der Waals surface area contributed by atoms with E-state index >= 15 is 0 Å². The van der Waals surface area contributed by atoms with Gasteiger partial charge in [0.2, 0.25) is 5.91 Å². The van der Waals surface area contributed by atoms with E-state index in [0.717, 1.165) is 37.8 Å². The van der Waals surface area contributed by atoms with Crippen molar-refractivity contribution in [1.82, 2.24) is 15.5 Å². The summed E-state index contributed by atoms with van der Waals surface area (Å²) in [6, 6.07) is 9.72. The van der Waals surface area contributed by atoms with E-state index < -0.39 is 0 Å². The summed E-state index contributed by atoms with van der Waals surface area (Å²) in [6.07, 6.45) is 7.20. The van der Waals surface area contributed by atoms with E-state index in [0.29, 0.717) is 11.5 Å². The van der Waals surface area contributed by atoms with E-state index in [-0.39, 0.29) is 29.9 Å². The van der Waals surface area contributed by atoms with E-state index in [1.54, 1.807) is 0 Å². The second-order valence-corrected chi connectivity index (χ2v) is 9.46. The fourth-order valence-electron chi connectivity index (χ4n) is 5.81. The van der Waals surface area contributed by atoms with Gasteiger partial charge in [0.05, 0.1) is 6.04 Å². The lowest BCUT2D eigenvalue weighted by Gasteiger charge is -2.36. The Morgan fingerprint density at radius 2 is 1.72 bits per heavy atom. The fraction of sp³-hybridized carbons (Fsp3) is 0.667. The molecule has 2 bridgehead atoms. The minimum Gasteiger partial charge on any atom is -0.352 e. The maximum atomic E-state index is 12.8. The molecule has 5 atom stereocenters. The van der Waals surface area contributed by atoms with Gasteiger partial charge in [-0.15, -0.1) is 0 Å². The van der Waals surface area contributed by atoms with Gasteiger partial charge >= 0.3 is 0 Å². The number of hydrogen-bond donors (Lipinski definition) is 2. The summed E-state index contributed by atoms with van der Waals surface area (Å²) in [5.41, 5.74) is 0.706. The fourth-order valence-corrected chi connectivity index (χ4v) is 5.81. The van der Waals surface area contributed by atoms with E-state index in [1.165, 1.54) is 25.7 Å². The molecule has 4 rings (SSSR count). The smallest absolute Gasteiger partial charge is 0.251 e. The summed E-state index contributed by atoms with van der Waals surface area (Å²) < 4.78 is 0. The molecular formula is C24H35N3O2. The molecule has 1 saturated heterocycles. The summed E-state index contributed by atoms with van der Waals surface area (Å²) in [7, 11) is 0. The van der Waals surface area contributed by atoms with Crippen molar-refractivity contribution >= 4 is 11.8 Å². The van der Waals surface area contributed by atoms with Gasteiger partial charge in [-0.25, -0.2) is 0 Å². The summed E-state index contributed by atoms with van der Waals surface area (Å²) in [5, 5.41) is 6.46. The van der Waals surface area contributed by atoms with Crippen LogP contribution in [0.5, 0.6) is 0 Å². The van der Waals surface area contributed by atoms with Crippen molar-refractivity contribution in [2.45, 2.75) is 70.5 Å². The Morgan fingerprint density at radius 1 is 1.00 bits per heavy atom. The lowest BCUT2D eigenvalue weighted by molar-refractivity contribution is -0.127. The zero-order chi connectivity index (χ0) is 20.4. The Labute approximate surface area is 174 Å². The van der Waals surface area contributed by atoms with Gasteiger partial charge in [0, 0.05) is 30.7 Å². The lowest BCUT2D eigenvalue weighted by Crippen LogP contribution is -2.53. The summed E-state index contributed by atoms with van der Waals surface area (Å²) in [4.78, 5) is 27.4. The Bertz CT molecular complexity index is 714. The first kappa shape index (κ1) is 20.4. The molecule has 1 aliphatic heterocycles. The highest BCUT2D eigenvalue weighted by Gasteiger charge is 2.42. The molecule has 1 aromatic rings. The molecule has 0 spiro atoms. The molecule has 0 aromatic heterocycles. The Balaban J connectivity index is 1.21.